The Morgan fingerprint density at radius 1 is 1.43 bits per heavy atom. The Morgan fingerprint density at radius 2 is 2.07 bits per heavy atom. The first-order valence-corrected chi connectivity index (χ1v) is 5.49. The van der Waals surface area contributed by atoms with Crippen LogP contribution in [0.1, 0.15) is 32.6 Å². The third-order valence-electron chi connectivity index (χ3n) is 3.29. The predicted octanol–water partition coefficient (Wildman–Crippen LogP) is 1.23. The second kappa shape index (κ2) is 4.78. The molecular formula is C11H22N2O. The Bertz CT molecular complexity index is 203. The third-order valence-corrected chi connectivity index (χ3v) is 3.29. The van der Waals surface area contributed by atoms with Gasteiger partial charge in [0.2, 0.25) is 5.91 Å². The largest absolute Gasteiger partial charge is 0.349 e. The van der Waals surface area contributed by atoms with Crippen LogP contribution in [0.2, 0.25) is 0 Å². The quantitative estimate of drug-likeness (QED) is 0.725. The van der Waals surface area contributed by atoms with Crippen molar-refractivity contribution in [2.45, 2.75) is 38.6 Å². The summed E-state index contributed by atoms with van der Waals surface area (Å²) in [5, 5.41) is 0. The summed E-state index contributed by atoms with van der Waals surface area (Å²) in [6.45, 7) is 2.03. The van der Waals surface area contributed by atoms with Crippen molar-refractivity contribution in [2.75, 3.05) is 14.1 Å². The zero-order valence-electron chi connectivity index (χ0n) is 9.49. The molecule has 14 heavy (non-hydrogen) atoms. The average Bonchev–Trinajstić information content (AvgIpc) is 2.15. The fourth-order valence-electron chi connectivity index (χ4n) is 2.33. The van der Waals surface area contributed by atoms with E-state index >= 15 is 0 Å². The van der Waals surface area contributed by atoms with Crippen LogP contribution in [0.3, 0.4) is 0 Å². The number of hydrogen-bond donors (Lipinski definition) is 1. The van der Waals surface area contributed by atoms with E-state index in [4.69, 9.17) is 5.73 Å². The molecule has 1 saturated carbocycles. The van der Waals surface area contributed by atoms with Gasteiger partial charge in [0.05, 0.1) is 0 Å². The maximum absolute atomic E-state index is 11.7. The molecule has 0 aromatic rings. The minimum atomic E-state index is 0.136. The van der Waals surface area contributed by atoms with Crippen LogP contribution in [0.4, 0.5) is 0 Å². The molecule has 0 aromatic carbocycles. The van der Waals surface area contributed by atoms with Crippen LogP contribution < -0.4 is 5.73 Å². The van der Waals surface area contributed by atoms with Gasteiger partial charge >= 0.3 is 0 Å². The highest BCUT2D eigenvalue weighted by Crippen LogP contribution is 2.30. The number of amides is 1. The molecule has 0 spiro atoms. The Kier molecular flexibility index (Phi) is 3.93. The van der Waals surface area contributed by atoms with Crippen molar-refractivity contribution in [3.05, 3.63) is 0 Å². The summed E-state index contributed by atoms with van der Waals surface area (Å²) in [6, 6.07) is 0.311. The van der Waals surface area contributed by atoms with Gasteiger partial charge in [0, 0.05) is 26.1 Å². The fraction of sp³-hybridized carbons (Fsp3) is 0.909. The van der Waals surface area contributed by atoms with E-state index in [0.29, 0.717) is 12.0 Å². The Morgan fingerprint density at radius 3 is 2.57 bits per heavy atom. The van der Waals surface area contributed by atoms with Crippen molar-refractivity contribution in [1.29, 1.82) is 0 Å². The number of nitrogens with zero attached hydrogens (tertiary/aromatic N) is 1. The molecule has 0 aliphatic heterocycles. The summed E-state index contributed by atoms with van der Waals surface area (Å²) in [5.41, 5.74) is 5.91. The number of rotatable bonds is 2. The molecular weight excluding hydrogens is 176 g/mol. The van der Waals surface area contributed by atoms with Gasteiger partial charge in [0.25, 0.3) is 0 Å². The van der Waals surface area contributed by atoms with Gasteiger partial charge in [-0.2, -0.15) is 0 Å². The molecule has 82 valence electrons. The molecule has 0 radical (unpaired) electrons. The Balaban J connectivity index is 2.51. The Labute approximate surface area is 86.6 Å². The van der Waals surface area contributed by atoms with Crippen LogP contribution in [-0.2, 0) is 4.79 Å². The molecule has 2 N–H and O–H groups in total. The van der Waals surface area contributed by atoms with Gasteiger partial charge in [-0.05, 0) is 25.2 Å². The molecule has 0 bridgehead atoms. The number of hydrogen-bond acceptors (Lipinski definition) is 2. The second-order valence-electron chi connectivity index (χ2n) is 4.71. The number of nitrogens with two attached hydrogens (primary N) is 1. The monoisotopic (exact) mass is 198 g/mol. The van der Waals surface area contributed by atoms with Crippen LogP contribution in [0.25, 0.3) is 0 Å². The third kappa shape index (κ3) is 2.71. The molecule has 0 aromatic heterocycles. The maximum Gasteiger partial charge on any atom is 0.225 e. The van der Waals surface area contributed by atoms with E-state index in [1.54, 1.807) is 4.90 Å². The van der Waals surface area contributed by atoms with E-state index in [2.05, 4.69) is 0 Å². The first-order valence-electron chi connectivity index (χ1n) is 5.49. The summed E-state index contributed by atoms with van der Waals surface area (Å²) in [4.78, 5) is 13.4. The van der Waals surface area contributed by atoms with E-state index in [0.717, 1.165) is 19.3 Å². The van der Waals surface area contributed by atoms with Crippen LogP contribution in [-0.4, -0.2) is 30.9 Å². The lowest BCUT2D eigenvalue weighted by molar-refractivity contribution is -0.134. The zero-order chi connectivity index (χ0) is 10.7. The highest BCUT2D eigenvalue weighted by molar-refractivity contribution is 5.78. The smallest absolute Gasteiger partial charge is 0.225 e. The van der Waals surface area contributed by atoms with Gasteiger partial charge in [-0.15, -0.1) is 0 Å². The lowest BCUT2D eigenvalue weighted by Gasteiger charge is -2.31. The summed E-state index contributed by atoms with van der Waals surface area (Å²) in [7, 11) is 3.64. The average molecular weight is 198 g/mol. The normalized spacial score (nSPS) is 29.7. The molecule has 3 atom stereocenters. The van der Waals surface area contributed by atoms with E-state index in [1.807, 2.05) is 21.0 Å². The standard InChI is InChI=1S/C11H22N2O/c1-8(11(14)13(2)3)9-5-4-6-10(12)7-9/h8-10H,4-7,12H2,1-3H3. The van der Waals surface area contributed by atoms with Crippen molar-refractivity contribution in [2.24, 2.45) is 17.6 Å². The van der Waals surface area contributed by atoms with Crippen LogP contribution >= 0.6 is 0 Å². The predicted molar refractivity (Wildman–Crippen MR) is 57.8 cm³/mol. The molecule has 1 fully saturated rings. The Hall–Kier alpha value is -0.570. The van der Waals surface area contributed by atoms with Gasteiger partial charge in [0.15, 0.2) is 0 Å². The first kappa shape index (κ1) is 11.5. The second-order valence-corrected chi connectivity index (χ2v) is 4.71. The van der Waals surface area contributed by atoms with E-state index in [9.17, 15) is 4.79 Å². The molecule has 0 heterocycles. The topological polar surface area (TPSA) is 46.3 Å². The molecule has 1 amide bonds. The SMILES string of the molecule is CC(C(=O)N(C)C)C1CCCC(N)C1. The van der Waals surface area contributed by atoms with Gasteiger partial charge < -0.3 is 10.6 Å². The van der Waals surface area contributed by atoms with Crippen molar-refractivity contribution in [3.8, 4) is 0 Å². The van der Waals surface area contributed by atoms with Crippen LogP contribution in [0.15, 0.2) is 0 Å². The van der Waals surface area contributed by atoms with Crippen molar-refractivity contribution in [3.63, 3.8) is 0 Å². The minimum absolute atomic E-state index is 0.136. The summed E-state index contributed by atoms with van der Waals surface area (Å²) in [6.07, 6.45) is 4.48. The fourth-order valence-corrected chi connectivity index (χ4v) is 2.33. The van der Waals surface area contributed by atoms with E-state index < -0.39 is 0 Å². The van der Waals surface area contributed by atoms with Crippen molar-refractivity contribution < 1.29 is 4.79 Å². The van der Waals surface area contributed by atoms with Gasteiger partial charge in [-0.25, -0.2) is 0 Å². The van der Waals surface area contributed by atoms with E-state index in [-0.39, 0.29) is 11.8 Å². The number of carbonyl (C=O) groups excluding carboxylic acids is 1. The molecule has 1 aliphatic rings. The molecule has 3 unspecified atom stereocenters. The highest BCUT2D eigenvalue weighted by Gasteiger charge is 2.29. The summed E-state index contributed by atoms with van der Waals surface area (Å²) >= 11 is 0. The van der Waals surface area contributed by atoms with Crippen molar-refractivity contribution in [1.82, 2.24) is 4.90 Å². The minimum Gasteiger partial charge on any atom is -0.349 e. The molecule has 1 rings (SSSR count). The lowest BCUT2D eigenvalue weighted by atomic mass is 9.78. The van der Waals surface area contributed by atoms with E-state index in [1.165, 1.54) is 6.42 Å². The maximum atomic E-state index is 11.7. The summed E-state index contributed by atoms with van der Waals surface area (Å²) in [5.74, 6) is 0.870. The molecule has 3 nitrogen and oxygen atoms in total. The summed E-state index contributed by atoms with van der Waals surface area (Å²) < 4.78 is 0. The van der Waals surface area contributed by atoms with Gasteiger partial charge in [-0.3, -0.25) is 4.79 Å². The van der Waals surface area contributed by atoms with Crippen LogP contribution in [0.5, 0.6) is 0 Å². The zero-order valence-corrected chi connectivity index (χ0v) is 9.49. The molecule has 0 saturated heterocycles. The first-order chi connectivity index (χ1) is 6.52. The van der Waals surface area contributed by atoms with Gasteiger partial charge in [-0.1, -0.05) is 13.3 Å². The number of carbonyl (C=O) groups is 1. The highest BCUT2D eigenvalue weighted by atomic mass is 16.2. The molecule has 3 heteroatoms. The van der Waals surface area contributed by atoms with Crippen LogP contribution in [0, 0.1) is 11.8 Å². The molecule has 1 aliphatic carbocycles. The van der Waals surface area contributed by atoms with Crippen molar-refractivity contribution >= 4 is 5.91 Å². The van der Waals surface area contributed by atoms with Gasteiger partial charge in [0.1, 0.15) is 0 Å². The lowest BCUT2D eigenvalue weighted by Crippen LogP contribution is -2.37.